The molecule has 0 aromatic heterocycles. The monoisotopic (exact) mass is 1180 g/mol. The minimum Gasteiger partial charge on any atom is -0.756 e. The van der Waals surface area contributed by atoms with E-state index >= 15 is 0 Å². The summed E-state index contributed by atoms with van der Waals surface area (Å²) in [6, 6.07) is 6.61. The average molecular weight is 1180 g/mol. The maximum Gasteiger partial charge on any atom is 0.485 e. The molecule has 1 saturated heterocycles. The van der Waals surface area contributed by atoms with Crippen molar-refractivity contribution in [1.29, 1.82) is 0 Å². The normalized spacial score (nSPS) is 21.4. The Kier molecular flexibility index (Phi) is 32.6. The molecule has 1 aromatic rings. The predicted molar refractivity (Wildman–Crippen MR) is 249 cm³/mol. The zero-order valence-electron chi connectivity index (χ0n) is 40.3. The van der Waals surface area contributed by atoms with Crippen molar-refractivity contribution in [1.82, 2.24) is 21.3 Å². The molecule has 1 fully saturated rings. The van der Waals surface area contributed by atoms with Crippen LogP contribution in [0, 0.1) is 0 Å². The van der Waals surface area contributed by atoms with Crippen molar-refractivity contribution in [2.45, 2.75) is 69.2 Å². The van der Waals surface area contributed by atoms with Gasteiger partial charge in [-0.1, -0.05) is 49.3 Å². The van der Waals surface area contributed by atoms with E-state index in [9.17, 15) is 71.4 Å². The van der Waals surface area contributed by atoms with Gasteiger partial charge in [0, 0.05) is 32.1 Å². The molecule has 0 spiro atoms. The Balaban J connectivity index is 1.46. The quantitative estimate of drug-likeness (QED) is 0.0246. The fourth-order valence-electron chi connectivity index (χ4n) is 5.81. The van der Waals surface area contributed by atoms with Gasteiger partial charge in [-0.05, 0) is 50.9 Å². The van der Waals surface area contributed by atoms with Crippen LogP contribution in [0.1, 0.15) is 49.7 Å². The number of rotatable bonds is 43. The van der Waals surface area contributed by atoms with E-state index in [2.05, 4.69) is 51.9 Å². The lowest BCUT2D eigenvalue weighted by atomic mass is 9.96. The molecule has 1 heterocycles. The fraction of sp³-hybridized carbons (Fsp3) is 0.722. The minimum absolute atomic E-state index is 0.0205. The Morgan fingerprint density at radius 2 is 1.23 bits per heavy atom. The molecule has 6 N–H and O–H groups in total. The number of nitrogens with one attached hydrogen (secondary N) is 4. The van der Waals surface area contributed by atoms with Gasteiger partial charge in [0.05, 0.1) is 78.2 Å². The number of ether oxygens (including phenoxy) is 5. The van der Waals surface area contributed by atoms with E-state index in [0.717, 1.165) is 17.7 Å². The third-order valence-corrected chi connectivity index (χ3v) is 18.2. The van der Waals surface area contributed by atoms with Crippen molar-refractivity contribution in [3.63, 3.8) is 0 Å². The predicted octanol–water partition coefficient (Wildman–Crippen LogP) is -1.50. The summed E-state index contributed by atoms with van der Waals surface area (Å²) in [5.74, 6) is -0.424. The number of amides is 2. The van der Waals surface area contributed by atoms with E-state index < -0.39 is 78.4 Å². The molecular weight excluding hydrogens is 1120 g/mol. The average Bonchev–Trinajstić information content (AvgIpc) is 3.61. The van der Waals surface area contributed by atoms with Crippen molar-refractivity contribution >= 4 is 72.7 Å². The van der Waals surface area contributed by atoms with E-state index in [1.165, 1.54) is 0 Å². The lowest BCUT2D eigenvalue weighted by molar-refractivity contribution is -0.252. The van der Waals surface area contributed by atoms with Crippen molar-refractivity contribution in [3.05, 3.63) is 41.5 Å². The molecule has 426 valence electrons. The van der Waals surface area contributed by atoms with Gasteiger partial charge in [-0.3, -0.25) is 32.4 Å². The van der Waals surface area contributed by atoms with Gasteiger partial charge in [0.15, 0.2) is 0 Å². The molecule has 0 bridgehead atoms. The van der Waals surface area contributed by atoms with Crippen LogP contribution in [-0.2, 0) is 97.7 Å². The van der Waals surface area contributed by atoms with Crippen molar-refractivity contribution in [3.8, 4) is 0 Å². The van der Waals surface area contributed by atoms with Crippen molar-refractivity contribution < 1.29 is 126 Å². The fourth-order valence-corrected chi connectivity index (χ4v) is 13.4. The highest BCUT2D eigenvalue weighted by atomic mass is 31.3. The van der Waals surface area contributed by atoms with Gasteiger partial charge in [-0.2, -0.15) is 0 Å². The van der Waals surface area contributed by atoms with Gasteiger partial charge in [-0.25, -0.2) is 26.1 Å². The van der Waals surface area contributed by atoms with E-state index in [1.807, 2.05) is 43.5 Å². The first-order valence-electron chi connectivity index (χ1n) is 22.4. The number of carbonyl (C=O) groups excluding carboxylic acids is 2. The first kappa shape index (κ1) is 68.6. The minimum atomic E-state index is -6.83. The number of likely N-dealkylation sites (N-methyl/N-ethyl adjacent to an activating group) is 2. The van der Waals surface area contributed by atoms with Crippen LogP contribution in [-0.4, -0.2) is 154 Å². The Morgan fingerprint density at radius 1 is 0.703 bits per heavy atom. The summed E-state index contributed by atoms with van der Waals surface area (Å²) < 4.78 is 123. The third-order valence-electron chi connectivity index (χ3n) is 9.15. The zero-order valence-corrected chi connectivity index (χ0v) is 45.6. The van der Waals surface area contributed by atoms with Crippen LogP contribution in [0.2, 0.25) is 0 Å². The molecule has 1 aliphatic rings. The number of phosphoric ester groups is 2. The number of phosphoric acid groups is 6. The molecule has 1 aliphatic heterocycles. The molecule has 0 saturated carbocycles. The molecule has 0 aliphatic carbocycles. The van der Waals surface area contributed by atoms with Crippen LogP contribution in [0.25, 0.3) is 6.08 Å². The van der Waals surface area contributed by atoms with Gasteiger partial charge in [0.25, 0.3) is 39.1 Å². The lowest BCUT2D eigenvalue weighted by Crippen LogP contribution is -2.45. The van der Waals surface area contributed by atoms with Crippen LogP contribution < -0.4 is 45.7 Å². The van der Waals surface area contributed by atoms with Crippen molar-refractivity contribution in [2.75, 3.05) is 99.8 Å². The van der Waals surface area contributed by atoms with Gasteiger partial charge in [0.1, 0.15) is 14.0 Å². The van der Waals surface area contributed by atoms with Crippen LogP contribution in [0.5, 0.6) is 0 Å². The molecule has 8 unspecified atom stereocenters. The summed E-state index contributed by atoms with van der Waals surface area (Å²) in [6.07, 6.45) is 2.93. The molecule has 10 atom stereocenters. The number of hydrogen-bond acceptors (Lipinski definition) is 28. The van der Waals surface area contributed by atoms with E-state index in [4.69, 9.17) is 31.5 Å². The second kappa shape index (κ2) is 35.2. The Labute approximate surface area is 429 Å². The molecule has 74 heavy (non-hydrogen) atoms. The summed E-state index contributed by atoms with van der Waals surface area (Å²) >= 11 is 0. The number of aliphatic hydroxyl groups excluding tert-OH is 1. The summed E-state index contributed by atoms with van der Waals surface area (Å²) in [7, 11) is -29.6. The summed E-state index contributed by atoms with van der Waals surface area (Å²) in [5.41, 5.74) is 2.12. The van der Waals surface area contributed by atoms with E-state index in [-0.39, 0.29) is 69.9 Å². The second-order valence-electron chi connectivity index (χ2n) is 15.3. The van der Waals surface area contributed by atoms with E-state index in [1.54, 1.807) is 7.05 Å². The van der Waals surface area contributed by atoms with Crippen molar-refractivity contribution in [2.24, 2.45) is 0 Å². The second-order valence-corrected chi connectivity index (χ2v) is 24.5. The maximum atomic E-state index is 12.6. The Hall–Kier alpha value is -1.50. The number of hydrogen-bond donors (Lipinski definition) is 6. The van der Waals surface area contributed by atoms with Gasteiger partial charge in [-0.15, -0.1) is 0 Å². The first-order valence-corrected chi connectivity index (χ1v) is 31.2. The van der Waals surface area contributed by atoms with Crippen LogP contribution in [0.3, 0.4) is 0 Å². The van der Waals surface area contributed by atoms with Gasteiger partial charge < -0.3 is 88.5 Å². The summed E-state index contributed by atoms with van der Waals surface area (Å²) in [4.78, 5) is 93.5. The molecule has 2 amide bonds. The molecule has 38 heteroatoms. The Morgan fingerprint density at radius 3 is 1.80 bits per heavy atom. The first-order chi connectivity index (χ1) is 34.7. The number of unbranched alkanes of at least 4 members (excludes halogenated alkanes) is 3. The largest absolute Gasteiger partial charge is 0.756 e. The van der Waals surface area contributed by atoms with Gasteiger partial charge >= 0.3 is 7.82 Å². The van der Waals surface area contributed by atoms with E-state index in [0.29, 0.717) is 58.8 Å². The SMILES string of the molecule is [B][C@H]1CC(O)[C@@H](COP(=O)([O-])OP(=O)(O)OP(=O)([O-])OP(=O)([O-])OP(=O)([O-])OP(=O)([O-])OCCCCCCNC(=O)CCOCCOCCOCCOCCNC(=O)C(Cc2ccc(C=CCNC)cc2)NC)O1. The molecule has 2 radical (unpaired) electrons. The lowest BCUT2D eigenvalue weighted by Gasteiger charge is -2.36. The Bertz CT molecular complexity index is 2150. The van der Waals surface area contributed by atoms with Crippen LogP contribution in [0.4, 0.5) is 0 Å². The zero-order chi connectivity index (χ0) is 55.3. The smallest absolute Gasteiger partial charge is 0.485 e. The van der Waals surface area contributed by atoms with Crippen LogP contribution >= 0.6 is 46.9 Å². The number of benzene rings is 1. The molecular formula is C36H62BN4O27P6-5. The molecule has 2 rings (SSSR count). The molecule has 31 nitrogen and oxygen atoms in total. The summed E-state index contributed by atoms with van der Waals surface area (Å²) in [6.45, 7) is 1.88. The van der Waals surface area contributed by atoms with Gasteiger partial charge in [0.2, 0.25) is 11.8 Å². The number of carbonyl (C=O) groups is 2. The maximum absolute atomic E-state index is 12.6. The molecule has 1 aromatic carbocycles. The third kappa shape index (κ3) is 33.1. The highest BCUT2D eigenvalue weighted by Gasteiger charge is 2.38. The highest BCUT2D eigenvalue weighted by Crippen LogP contribution is 2.71. The topological polar surface area (TPSA) is 451 Å². The van der Waals surface area contributed by atoms with Crippen LogP contribution in [0.15, 0.2) is 30.3 Å². The summed E-state index contributed by atoms with van der Waals surface area (Å²) in [5, 5.41) is 21.3. The standard InChI is InChI=1S/C36H67BN4O27P6/c1-38-14-7-8-29-9-11-30(12-10-29)26-31(39-2)36(44)41-16-19-58-21-23-60-25-24-59-22-20-57-18-13-35(43)40-15-5-3-4-6-17-61-69(45,46)64-71(49,50)66-73(53,54)68-74(55,56)67-72(51,52)65-70(47,48)62-28-33-32(42)27-34(37)63-33/h7-12,31-34,38-39,42H,3-6,13-28H2,1-2H3,(H,40,43)(H,41,44)(H,45,46)(H,47,48)(H,49,50)(H,51,52)(H,53,54)(H,55,56)/p-5/t31?,32?,33-,34-/m1/s1. The highest BCUT2D eigenvalue weighted by molar-refractivity contribution is 7.71. The number of aliphatic hydroxyl groups is 1.